The number of aromatic nitrogens is 2. The Balaban J connectivity index is 1.84. The zero-order chi connectivity index (χ0) is 21.0. The molecule has 2 aromatic carbocycles. The summed E-state index contributed by atoms with van der Waals surface area (Å²) in [6.07, 6.45) is -4.61. The molecule has 1 atom stereocenters. The number of hydrazine groups is 1. The van der Waals surface area contributed by atoms with Crippen LogP contribution in [-0.2, 0) is 28.7 Å². The maximum Gasteiger partial charge on any atom is 0.449 e. The van der Waals surface area contributed by atoms with Crippen LogP contribution in [0.4, 0.5) is 13.2 Å². The summed E-state index contributed by atoms with van der Waals surface area (Å²) in [4.78, 5) is 28.1. The minimum atomic E-state index is -4.74. The van der Waals surface area contributed by atoms with Crippen LogP contribution in [0.2, 0.25) is 0 Å². The summed E-state index contributed by atoms with van der Waals surface area (Å²) in [7, 11) is 0. The zero-order valence-corrected chi connectivity index (χ0v) is 15.1. The smallest absolute Gasteiger partial charge is 0.342 e. The third kappa shape index (κ3) is 4.72. The number of carbonyl (C=O) groups is 2. The van der Waals surface area contributed by atoms with Crippen LogP contribution >= 0.6 is 0 Å². The van der Waals surface area contributed by atoms with Crippen molar-refractivity contribution in [2.45, 2.75) is 25.2 Å². The van der Waals surface area contributed by atoms with E-state index in [0.29, 0.717) is 0 Å². The van der Waals surface area contributed by atoms with E-state index in [4.69, 9.17) is 5.84 Å². The van der Waals surface area contributed by atoms with Crippen molar-refractivity contribution >= 4 is 22.8 Å². The Labute approximate surface area is 163 Å². The average Bonchev–Trinajstić information content (AvgIpc) is 3.06. The van der Waals surface area contributed by atoms with E-state index in [1.807, 2.05) is 5.43 Å². The summed E-state index contributed by atoms with van der Waals surface area (Å²) < 4.78 is 40.9. The van der Waals surface area contributed by atoms with Crippen LogP contribution in [0.3, 0.4) is 0 Å². The Bertz CT molecular complexity index is 1020. The number of carbonyl (C=O) groups excluding carboxylic acids is 2. The number of hydrogen-bond acceptors (Lipinski definition) is 4. The van der Waals surface area contributed by atoms with Gasteiger partial charge in [0.25, 0.3) is 5.91 Å². The Morgan fingerprint density at radius 1 is 1.07 bits per heavy atom. The molecule has 0 aliphatic heterocycles. The molecule has 152 valence electrons. The monoisotopic (exact) mass is 405 g/mol. The van der Waals surface area contributed by atoms with Crippen molar-refractivity contribution in [3.63, 3.8) is 0 Å². The summed E-state index contributed by atoms with van der Waals surface area (Å²) in [6.45, 7) is -0.654. The fraction of sp³-hybridized carbons (Fsp3) is 0.211. The highest BCUT2D eigenvalue weighted by molar-refractivity contribution is 5.88. The van der Waals surface area contributed by atoms with E-state index < -0.39 is 36.4 Å². The van der Waals surface area contributed by atoms with Gasteiger partial charge in [0.2, 0.25) is 11.7 Å². The van der Waals surface area contributed by atoms with Gasteiger partial charge in [0.1, 0.15) is 12.6 Å². The van der Waals surface area contributed by atoms with E-state index in [0.717, 1.165) is 10.1 Å². The van der Waals surface area contributed by atoms with Crippen molar-refractivity contribution in [3.8, 4) is 0 Å². The van der Waals surface area contributed by atoms with Crippen molar-refractivity contribution in [1.29, 1.82) is 0 Å². The van der Waals surface area contributed by atoms with E-state index in [-0.39, 0.29) is 17.5 Å². The molecule has 0 radical (unpaired) electrons. The minimum Gasteiger partial charge on any atom is -0.342 e. The lowest BCUT2D eigenvalue weighted by molar-refractivity contribution is -0.147. The minimum absolute atomic E-state index is 0.119. The molecular formula is C19H18F3N5O2. The van der Waals surface area contributed by atoms with E-state index in [2.05, 4.69) is 10.3 Å². The topological polar surface area (TPSA) is 102 Å². The lowest BCUT2D eigenvalue weighted by atomic mass is 10.1. The van der Waals surface area contributed by atoms with Gasteiger partial charge in [-0.15, -0.1) is 0 Å². The average molecular weight is 405 g/mol. The van der Waals surface area contributed by atoms with Gasteiger partial charge in [-0.1, -0.05) is 42.5 Å². The van der Waals surface area contributed by atoms with Crippen molar-refractivity contribution in [3.05, 3.63) is 66.0 Å². The molecular weight excluding hydrogens is 387 g/mol. The summed E-state index contributed by atoms with van der Waals surface area (Å²) in [5, 5.41) is 2.45. The Hall–Kier alpha value is -3.40. The summed E-state index contributed by atoms with van der Waals surface area (Å²) in [6, 6.07) is 13.8. The van der Waals surface area contributed by atoms with E-state index in [1.165, 1.54) is 12.1 Å². The fourth-order valence-electron chi connectivity index (χ4n) is 3.00. The lowest BCUT2D eigenvalue weighted by Crippen LogP contribution is -2.50. The largest absolute Gasteiger partial charge is 0.449 e. The van der Waals surface area contributed by atoms with Gasteiger partial charge in [0.15, 0.2) is 0 Å². The number of para-hydroxylation sites is 2. The van der Waals surface area contributed by atoms with Gasteiger partial charge in [0, 0.05) is 6.42 Å². The molecule has 7 nitrogen and oxygen atoms in total. The van der Waals surface area contributed by atoms with Crippen molar-refractivity contribution < 1.29 is 22.8 Å². The molecule has 0 aliphatic rings. The maximum absolute atomic E-state index is 13.4. The van der Waals surface area contributed by atoms with Crippen molar-refractivity contribution in [1.82, 2.24) is 20.3 Å². The predicted octanol–water partition coefficient (Wildman–Crippen LogP) is 1.77. The summed E-state index contributed by atoms with van der Waals surface area (Å²) >= 11 is 0. The van der Waals surface area contributed by atoms with Gasteiger partial charge in [-0.25, -0.2) is 10.8 Å². The van der Waals surface area contributed by atoms with Gasteiger partial charge in [0.05, 0.1) is 11.0 Å². The lowest BCUT2D eigenvalue weighted by Gasteiger charge is -2.18. The second-order valence-electron chi connectivity index (χ2n) is 6.33. The number of nitrogens with zero attached hydrogens (tertiary/aromatic N) is 2. The van der Waals surface area contributed by atoms with Crippen LogP contribution in [0.1, 0.15) is 11.4 Å². The van der Waals surface area contributed by atoms with Crippen LogP contribution in [0.25, 0.3) is 11.0 Å². The summed E-state index contributed by atoms with van der Waals surface area (Å²) in [5.41, 5.74) is 3.00. The SMILES string of the molecule is NNC(=O)C(Cc1ccccc1)NC(=O)Cn1c(C(F)(F)F)nc2ccccc21. The highest BCUT2D eigenvalue weighted by Gasteiger charge is 2.38. The first-order chi connectivity index (χ1) is 13.8. The number of amides is 2. The number of hydrogen-bond donors (Lipinski definition) is 3. The molecule has 1 unspecified atom stereocenters. The molecule has 0 aliphatic carbocycles. The molecule has 0 saturated carbocycles. The second kappa shape index (κ2) is 8.31. The molecule has 0 spiro atoms. The number of halogens is 3. The number of nitrogens with one attached hydrogen (secondary N) is 2. The molecule has 1 heterocycles. The molecule has 0 saturated heterocycles. The Morgan fingerprint density at radius 3 is 2.38 bits per heavy atom. The Morgan fingerprint density at radius 2 is 1.72 bits per heavy atom. The molecule has 1 aromatic heterocycles. The highest BCUT2D eigenvalue weighted by Crippen LogP contribution is 2.31. The maximum atomic E-state index is 13.4. The molecule has 3 rings (SSSR count). The van der Waals surface area contributed by atoms with Gasteiger partial charge in [-0.05, 0) is 17.7 Å². The fourth-order valence-corrected chi connectivity index (χ4v) is 3.00. The number of fused-ring (bicyclic) bond motifs is 1. The zero-order valence-electron chi connectivity index (χ0n) is 15.1. The number of nitrogens with two attached hydrogens (primary N) is 1. The van der Waals surface area contributed by atoms with Crippen LogP contribution in [0.5, 0.6) is 0 Å². The quantitative estimate of drug-likeness (QED) is 0.330. The van der Waals surface area contributed by atoms with E-state index in [9.17, 15) is 22.8 Å². The van der Waals surface area contributed by atoms with Crippen LogP contribution in [-0.4, -0.2) is 27.4 Å². The standard InChI is InChI=1S/C19H18F3N5O2/c20-19(21,22)18-25-13-8-4-5-9-15(13)27(18)11-16(28)24-14(17(29)26-23)10-12-6-2-1-3-7-12/h1-9,14H,10-11,23H2,(H,24,28)(H,26,29). The van der Waals surface area contributed by atoms with Gasteiger partial charge in [-0.2, -0.15) is 13.2 Å². The molecule has 0 fully saturated rings. The molecule has 3 aromatic rings. The molecule has 2 amide bonds. The Kier molecular flexibility index (Phi) is 5.83. The third-order valence-corrected chi connectivity index (χ3v) is 4.29. The predicted molar refractivity (Wildman–Crippen MR) is 99.1 cm³/mol. The number of benzene rings is 2. The van der Waals surface area contributed by atoms with E-state index in [1.54, 1.807) is 42.5 Å². The molecule has 4 N–H and O–H groups in total. The van der Waals surface area contributed by atoms with Crippen LogP contribution < -0.4 is 16.6 Å². The third-order valence-electron chi connectivity index (χ3n) is 4.29. The molecule has 10 heteroatoms. The summed E-state index contributed by atoms with van der Waals surface area (Å²) in [5.74, 6) is 2.56. The molecule has 29 heavy (non-hydrogen) atoms. The number of imidazole rings is 1. The first-order valence-electron chi connectivity index (χ1n) is 8.66. The molecule has 0 bridgehead atoms. The first kappa shape index (κ1) is 20.3. The van der Waals surface area contributed by atoms with E-state index >= 15 is 0 Å². The highest BCUT2D eigenvalue weighted by atomic mass is 19.4. The number of rotatable bonds is 6. The van der Waals surface area contributed by atoms with Crippen molar-refractivity contribution in [2.24, 2.45) is 5.84 Å². The second-order valence-corrected chi connectivity index (χ2v) is 6.33. The normalized spacial score (nSPS) is 12.6. The van der Waals surface area contributed by atoms with Crippen molar-refractivity contribution in [2.75, 3.05) is 0 Å². The number of alkyl halides is 3. The van der Waals surface area contributed by atoms with Gasteiger partial charge in [-0.3, -0.25) is 15.0 Å². The van der Waals surface area contributed by atoms with Gasteiger partial charge < -0.3 is 9.88 Å². The first-order valence-corrected chi connectivity index (χ1v) is 8.66. The van der Waals surface area contributed by atoms with Gasteiger partial charge >= 0.3 is 6.18 Å². The van der Waals surface area contributed by atoms with Crippen LogP contribution in [0, 0.1) is 0 Å². The van der Waals surface area contributed by atoms with Crippen LogP contribution in [0.15, 0.2) is 54.6 Å².